The van der Waals surface area contributed by atoms with Crippen molar-refractivity contribution in [2.24, 2.45) is 0 Å². The van der Waals surface area contributed by atoms with E-state index in [4.69, 9.17) is 0 Å². The number of benzene rings is 4. The maximum atomic E-state index is 14.6. The van der Waals surface area contributed by atoms with Crippen molar-refractivity contribution >= 4 is 27.5 Å². The Labute approximate surface area is 268 Å². The third kappa shape index (κ3) is 8.60. The van der Waals surface area contributed by atoms with Crippen molar-refractivity contribution in [3.8, 4) is 0 Å². The molecule has 1 N–H and O–H groups in total. The Hall–Kier alpha value is -4.43. The van der Waals surface area contributed by atoms with E-state index in [-0.39, 0.29) is 29.8 Å². The minimum atomic E-state index is -4.13. The normalized spacial score (nSPS) is 12.6. The fourth-order valence-corrected chi connectivity index (χ4v) is 6.44. The highest BCUT2D eigenvalue weighted by Gasteiger charge is 2.35. The predicted molar refractivity (Wildman–Crippen MR) is 180 cm³/mol. The standard InChI is InChI=1S/C37H43N3O4S/c1-6-30(5)38-37(42)35(24-31-13-9-7-10-14-31)39(25-32-20-17-27(2)18-21-32)36(41)26-40(33-22-19-28(3)29(4)23-33)45(43,44)34-15-11-8-12-16-34/h7-23,30,35H,6,24-26H2,1-5H3,(H,38,42)/t30-,35-/m0/s1. The first-order valence-electron chi connectivity index (χ1n) is 15.3. The van der Waals surface area contributed by atoms with Gasteiger partial charge < -0.3 is 10.2 Å². The summed E-state index contributed by atoms with van der Waals surface area (Å²) < 4.78 is 29.4. The number of aryl methyl sites for hydroxylation is 3. The van der Waals surface area contributed by atoms with E-state index in [0.717, 1.165) is 38.5 Å². The second-order valence-electron chi connectivity index (χ2n) is 11.6. The summed E-state index contributed by atoms with van der Waals surface area (Å²) >= 11 is 0. The lowest BCUT2D eigenvalue weighted by Crippen LogP contribution is -2.54. The summed E-state index contributed by atoms with van der Waals surface area (Å²) in [6.07, 6.45) is 1.00. The molecule has 4 aromatic carbocycles. The van der Waals surface area contributed by atoms with Crippen molar-refractivity contribution in [3.05, 3.63) is 131 Å². The summed E-state index contributed by atoms with van der Waals surface area (Å²) in [5.74, 6) is -0.758. The van der Waals surface area contributed by atoms with Crippen LogP contribution in [0.5, 0.6) is 0 Å². The van der Waals surface area contributed by atoms with E-state index in [1.807, 2.05) is 95.3 Å². The molecule has 0 aliphatic rings. The van der Waals surface area contributed by atoms with Gasteiger partial charge in [0.2, 0.25) is 11.8 Å². The smallest absolute Gasteiger partial charge is 0.264 e. The Morgan fingerprint density at radius 1 is 0.778 bits per heavy atom. The number of hydrogen-bond donors (Lipinski definition) is 1. The molecular weight excluding hydrogens is 582 g/mol. The molecule has 45 heavy (non-hydrogen) atoms. The molecule has 0 spiro atoms. The molecule has 0 saturated carbocycles. The first-order chi connectivity index (χ1) is 21.5. The van der Waals surface area contributed by atoms with Gasteiger partial charge in [-0.05, 0) is 80.6 Å². The van der Waals surface area contributed by atoms with Crippen LogP contribution < -0.4 is 9.62 Å². The lowest BCUT2D eigenvalue weighted by molar-refractivity contribution is -0.140. The Bertz CT molecular complexity index is 1690. The second-order valence-corrected chi connectivity index (χ2v) is 13.5. The van der Waals surface area contributed by atoms with Gasteiger partial charge in [0.1, 0.15) is 12.6 Å². The summed E-state index contributed by atoms with van der Waals surface area (Å²) in [4.78, 5) is 30.1. The van der Waals surface area contributed by atoms with E-state index in [1.165, 1.54) is 17.0 Å². The highest BCUT2D eigenvalue weighted by molar-refractivity contribution is 7.92. The van der Waals surface area contributed by atoms with Crippen LogP contribution in [0.2, 0.25) is 0 Å². The third-order valence-electron chi connectivity index (χ3n) is 8.13. The molecule has 0 fully saturated rings. The molecular formula is C37H43N3O4S. The summed E-state index contributed by atoms with van der Waals surface area (Å²) in [6, 6.07) is 29.9. The van der Waals surface area contributed by atoms with Crippen molar-refractivity contribution in [1.29, 1.82) is 0 Å². The van der Waals surface area contributed by atoms with E-state index in [9.17, 15) is 18.0 Å². The molecule has 8 heteroatoms. The molecule has 0 aliphatic carbocycles. The van der Waals surface area contributed by atoms with Gasteiger partial charge in [0.15, 0.2) is 0 Å². The van der Waals surface area contributed by atoms with Gasteiger partial charge in [-0.3, -0.25) is 13.9 Å². The van der Waals surface area contributed by atoms with Gasteiger partial charge in [0.05, 0.1) is 10.6 Å². The van der Waals surface area contributed by atoms with E-state index in [0.29, 0.717) is 5.69 Å². The number of rotatable bonds is 13. The molecule has 0 saturated heterocycles. The largest absolute Gasteiger partial charge is 0.352 e. The van der Waals surface area contributed by atoms with Crippen molar-refractivity contribution in [2.45, 2.75) is 71.0 Å². The quantitative estimate of drug-likeness (QED) is 0.187. The van der Waals surface area contributed by atoms with Gasteiger partial charge in [0, 0.05) is 19.0 Å². The van der Waals surface area contributed by atoms with Crippen molar-refractivity contribution in [3.63, 3.8) is 0 Å². The number of anilines is 1. The molecule has 0 unspecified atom stereocenters. The van der Waals surface area contributed by atoms with Crippen LogP contribution in [0.3, 0.4) is 0 Å². The van der Waals surface area contributed by atoms with Crippen LogP contribution in [0.4, 0.5) is 5.69 Å². The summed E-state index contributed by atoms with van der Waals surface area (Å²) in [6.45, 7) is 9.42. The average Bonchev–Trinajstić information content (AvgIpc) is 3.04. The zero-order valence-corrected chi connectivity index (χ0v) is 27.6. The SMILES string of the molecule is CC[C@H](C)NC(=O)[C@H](Cc1ccccc1)N(Cc1ccc(C)cc1)C(=O)CN(c1ccc(C)c(C)c1)S(=O)(=O)c1ccccc1. The van der Waals surface area contributed by atoms with Crippen LogP contribution in [0.15, 0.2) is 108 Å². The second kappa shape index (κ2) is 15.0. The highest BCUT2D eigenvalue weighted by atomic mass is 32.2. The number of carbonyl (C=O) groups excluding carboxylic acids is 2. The van der Waals surface area contributed by atoms with E-state index in [1.54, 1.807) is 30.3 Å². The number of sulfonamides is 1. The van der Waals surface area contributed by atoms with E-state index in [2.05, 4.69) is 5.32 Å². The van der Waals surface area contributed by atoms with Crippen molar-refractivity contribution in [2.75, 3.05) is 10.8 Å². The zero-order chi connectivity index (χ0) is 32.6. The maximum Gasteiger partial charge on any atom is 0.264 e. The molecule has 2 atom stereocenters. The van der Waals surface area contributed by atoms with Gasteiger partial charge in [-0.2, -0.15) is 0 Å². The van der Waals surface area contributed by atoms with Gasteiger partial charge in [0.25, 0.3) is 10.0 Å². The number of nitrogens with one attached hydrogen (secondary N) is 1. The fourth-order valence-electron chi connectivity index (χ4n) is 5.01. The first-order valence-corrected chi connectivity index (χ1v) is 16.8. The maximum absolute atomic E-state index is 14.6. The van der Waals surface area contributed by atoms with Gasteiger partial charge >= 0.3 is 0 Å². The minimum absolute atomic E-state index is 0.0801. The molecule has 7 nitrogen and oxygen atoms in total. The predicted octanol–water partition coefficient (Wildman–Crippen LogP) is 6.36. The van der Waals surface area contributed by atoms with Crippen LogP contribution >= 0.6 is 0 Å². The third-order valence-corrected chi connectivity index (χ3v) is 9.92. The molecule has 0 aromatic heterocycles. The molecule has 0 radical (unpaired) electrons. The molecule has 4 aromatic rings. The molecule has 0 heterocycles. The molecule has 236 valence electrons. The highest BCUT2D eigenvalue weighted by Crippen LogP contribution is 2.27. The van der Waals surface area contributed by atoms with Crippen LogP contribution in [-0.4, -0.2) is 43.8 Å². The van der Waals surface area contributed by atoms with Crippen LogP contribution in [0, 0.1) is 20.8 Å². The topological polar surface area (TPSA) is 86.8 Å². The van der Waals surface area contributed by atoms with Gasteiger partial charge in [-0.1, -0.05) is 91.3 Å². The summed E-state index contributed by atoms with van der Waals surface area (Å²) in [5, 5.41) is 3.07. The number of carbonyl (C=O) groups is 2. The van der Waals surface area contributed by atoms with E-state index < -0.39 is 28.5 Å². The molecule has 4 rings (SSSR count). The van der Waals surface area contributed by atoms with Gasteiger partial charge in [-0.25, -0.2) is 8.42 Å². The Morgan fingerprint density at radius 3 is 2.00 bits per heavy atom. The van der Waals surface area contributed by atoms with Crippen molar-refractivity contribution < 1.29 is 18.0 Å². The lowest BCUT2D eigenvalue weighted by Gasteiger charge is -2.34. The Balaban J connectivity index is 1.81. The monoisotopic (exact) mass is 625 g/mol. The molecule has 0 bridgehead atoms. The summed E-state index contributed by atoms with van der Waals surface area (Å²) in [5.41, 5.74) is 5.10. The number of nitrogens with zero attached hydrogens (tertiary/aromatic N) is 2. The Kier molecular flexibility index (Phi) is 11.2. The average molecular weight is 626 g/mol. The molecule has 0 aliphatic heterocycles. The lowest BCUT2D eigenvalue weighted by atomic mass is 10.0. The number of amides is 2. The Morgan fingerprint density at radius 2 is 1.40 bits per heavy atom. The fraction of sp³-hybridized carbons (Fsp3) is 0.297. The minimum Gasteiger partial charge on any atom is -0.352 e. The van der Waals surface area contributed by atoms with Gasteiger partial charge in [-0.15, -0.1) is 0 Å². The number of hydrogen-bond acceptors (Lipinski definition) is 4. The summed E-state index contributed by atoms with van der Waals surface area (Å²) in [7, 11) is -4.13. The molecule has 2 amide bonds. The zero-order valence-electron chi connectivity index (χ0n) is 26.7. The van der Waals surface area contributed by atoms with Crippen molar-refractivity contribution in [1.82, 2.24) is 10.2 Å². The van der Waals surface area contributed by atoms with Crippen LogP contribution in [-0.2, 0) is 32.6 Å². The van der Waals surface area contributed by atoms with E-state index >= 15 is 0 Å². The van der Waals surface area contributed by atoms with Crippen LogP contribution in [0.25, 0.3) is 0 Å². The van der Waals surface area contributed by atoms with Crippen LogP contribution in [0.1, 0.15) is 48.1 Å². The first kappa shape index (κ1) is 33.5.